The van der Waals surface area contributed by atoms with Crippen LogP contribution in [0.3, 0.4) is 0 Å². The van der Waals surface area contributed by atoms with Crippen molar-refractivity contribution in [1.82, 2.24) is 24.8 Å². The zero-order valence-electron chi connectivity index (χ0n) is 21.8. The predicted molar refractivity (Wildman–Crippen MR) is 157 cm³/mol. The standard InChI is InChI=1S/C28H33N7OS2/c1-18(2)31-23-14-26(32-19-5-6-22-25(13-19)38-17-30-22)29-15-21(23)27-33-24(16-37-27)28(36)35-11-7-20(8-12-35)34-9-3-4-10-34/h5-6,13-18,20H,3-4,7-12H2,1-2H3,(H2,29,31,32). The third kappa shape index (κ3) is 5.39. The summed E-state index contributed by atoms with van der Waals surface area (Å²) in [5.41, 5.74) is 6.19. The van der Waals surface area contributed by atoms with Gasteiger partial charge >= 0.3 is 0 Å². The Kier molecular flexibility index (Phi) is 7.27. The van der Waals surface area contributed by atoms with E-state index in [0.29, 0.717) is 11.7 Å². The van der Waals surface area contributed by atoms with Gasteiger partial charge in [0.2, 0.25) is 0 Å². The van der Waals surface area contributed by atoms with E-state index in [-0.39, 0.29) is 11.9 Å². The van der Waals surface area contributed by atoms with Crippen molar-refractivity contribution in [1.29, 1.82) is 0 Å². The number of aromatic nitrogens is 3. The molecular weight excluding hydrogens is 514 g/mol. The van der Waals surface area contributed by atoms with Crippen LogP contribution in [0.15, 0.2) is 41.4 Å². The number of fused-ring (bicyclic) bond motifs is 1. The van der Waals surface area contributed by atoms with Crippen molar-refractivity contribution in [3.8, 4) is 10.6 Å². The quantitative estimate of drug-likeness (QED) is 0.290. The molecule has 198 valence electrons. The van der Waals surface area contributed by atoms with Crippen molar-refractivity contribution in [3.05, 3.63) is 47.0 Å². The van der Waals surface area contributed by atoms with E-state index in [1.165, 1.54) is 37.3 Å². The van der Waals surface area contributed by atoms with Crippen LogP contribution in [0.25, 0.3) is 20.8 Å². The van der Waals surface area contributed by atoms with Crippen molar-refractivity contribution in [2.45, 2.75) is 51.6 Å². The molecule has 0 aliphatic carbocycles. The Bertz CT molecular complexity index is 1420. The number of anilines is 3. The second kappa shape index (κ2) is 11.0. The van der Waals surface area contributed by atoms with Gasteiger partial charge in [0.15, 0.2) is 0 Å². The summed E-state index contributed by atoms with van der Waals surface area (Å²) in [6, 6.07) is 8.98. The Balaban J connectivity index is 1.18. The number of nitrogens with zero attached hydrogens (tertiary/aromatic N) is 5. The molecule has 0 saturated carbocycles. The first-order valence-electron chi connectivity index (χ1n) is 13.4. The Hall–Kier alpha value is -3.08. The number of rotatable bonds is 7. The summed E-state index contributed by atoms with van der Waals surface area (Å²) in [7, 11) is 0. The molecule has 1 aromatic carbocycles. The zero-order valence-corrected chi connectivity index (χ0v) is 23.4. The van der Waals surface area contributed by atoms with E-state index in [9.17, 15) is 4.79 Å². The Morgan fingerprint density at radius 3 is 2.66 bits per heavy atom. The van der Waals surface area contributed by atoms with Crippen LogP contribution in [0.4, 0.5) is 17.2 Å². The normalized spacial score (nSPS) is 17.0. The topological polar surface area (TPSA) is 86.3 Å². The molecule has 5 heterocycles. The largest absolute Gasteiger partial charge is 0.382 e. The monoisotopic (exact) mass is 547 g/mol. The number of carbonyl (C=O) groups excluding carboxylic acids is 1. The molecule has 2 N–H and O–H groups in total. The van der Waals surface area contributed by atoms with Crippen molar-refractivity contribution in [2.24, 2.45) is 0 Å². The smallest absolute Gasteiger partial charge is 0.273 e. The number of hydrogen-bond acceptors (Lipinski definition) is 9. The highest BCUT2D eigenvalue weighted by Crippen LogP contribution is 2.34. The molecule has 0 atom stereocenters. The minimum atomic E-state index is 0.0374. The lowest BCUT2D eigenvalue weighted by Crippen LogP contribution is -2.46. The van der Waals surface area contributed by atoms with Crippen molar-refractivity contribution < 1.29 is 4.79 Å². The minimum Gasteiger partial charge on any atom is -0.382 e. The second-order valence-electron chi connectivity index (χ2n) is 10.4. The molecule has 0 bridgehead atoms. The van der Waals surface area contributed by atoms with Gasteiger partial charge in [0.1, 0.15) is 16.5 Å². The number of nitrogens with one attached hydrogen (secondary N) is 2. The van der Waals surface area contributed by atoms with Crippen LogP contribution in [-0.4, -0.2) is 68.9 Å². The maximum Gasteiger partial charge on any atom is 0.273 e. The summed E-state index contributed by atoms with van der Waals surface area (Å²) >= 11 is 3.12. The first kappa shape index (κ1) is 25.2. The van der Waals surface area contributed by atoms with E-state index < -0.39 is 0 Å². The first-order chi connectivity index (χ1) is 18.5. The molecule has 2 fully saturated rings. The molecule has 0 spiro atoms. The van der Waals surface area contributed by atoms with Crippen LogP contribution in [0.5, 0.6) is 0 Å². The lowest BCUT2D eigenvalue weighted by molar-refractivity contribution is 0.0639. The molecule has 38 heavy (non-hydrogen) atoms. The fraction of sp³-hybridized carbons (Fsp3) is 0.429. The Morgan fingerprint density at radius 2 is 1.87 bits per heavy atom. The number of piperidine rings is 1. The average Bonchev–Trinajstić information content (AvgIpc) is 3.70. The van der Waals surface area contributed by atoms with Gasteiger partial charge in [-0.3, -0.25) is 4.79 Å². The summed E-state index contributed by atoms with van der Waals surface area (Å²) < 4.78 is 1.13. The van der Waals surface area contributed by atoms with Gasteiger partial charge in [0.25, 0.3) is 5.91 Å². The van der Waals surface area contributed by atoms with Crippen molar-refractivity contribution in [2.75, 3.05) is 36.8 Å². The van der Waals surface area contributed by atoms with Gasteiger partial charge in [0, 0.05) is 54.2 Å². The zero-order chi connectivity index (χ0) is 26.1. The van der Waals surface area contributed by atoms with Crippen LogP contribution in [0.2, 0.25) is 0 Å². The van der Waals surface area contributed by atoms with Crippen LogP contribution in [-0.2, 0) is 0 Å². The molecule has 0 unspecified atom stereocenters. The lowest BCUT2D eigenvalue weighted by atomic mass is 10.0. The average molecular weight is 548 g/mol. The van der Waals surface area contributed by atoms with E-state index in [2.05, 4.69) is 45.4 Å². The van der Waals surface area contributed by atoms with Crippen LogP contribution in [0, 0.1) is 0 Å². The van der Waals surface area contributed by atoms with Gasteiger partial charge in [-0.05, 0) is 70.8 Å². The van der Waals surface area contributed by atoms with Crippen LogP contribution >= 0.6 is 22.7 Å². The number of amides is 1. The molecule has 2 aliphatic rings. The third-order valence-corrected chi connectivity index (χ3v) is 8.98. The van der Waals surface area contributed by atoms with E-state index in [4.69, 9.17) is 4.98 Å². The fourth-order valence-corrected chi connectivity index (χ4v) is 6.94. The van der Waals surface area contributed by atoms with Gasteiger partial charge < -0.3 is 20.4 Å². The highest BCUT2D eigenvalue weighted by Gasteiger charge is 2.29. The summed E-state index contributed by atoms with van der Waals surface area (Å²) in [4.78, 5) is 31.7. The van der Waals surface area contributed by atoms with E-state index in [0.717, 1.165) is 63.9 Å². The Labute approximate surface area is 231 Å². The summed E-state index contributed by atoms with van der Waals surface area (Å²) in [5.74, 6) is 0.782. The number of hydrogen-bond donors (Lipinski definition) is 2. The molecule has 4 aromatic rings. The minimum absolute atomic E-state index is 0.0374. The number of carbonyl (C=O) groups is 1. The van der Waals surface area contributed by atoms with Gasteiger partial charge in [-0.25, -0.2) is 15.0 Å². The number of likely N-dealkylation sites (tertiary alicyclic amines) is 2. The fourth-order valence-electron chi connectivity index (χ4n) is 5.40. The van der Waals surface area contributed by atoms with Crippen molar-refractivity contribution >= 4 is 56.0 Å². The predicted octanol–water partition coefficient (Wildman–Crippen LogP) is 6.08. The molecule has 1 amide bonds. The first-order valence-corrected chi connectivity index (χ1v) is 15.2. The summed E-state index contributed by atoms with van der Waals surface area (Å²) in [6.07, 6.45) is 6.57. The van der Waals surface area contributed by atoms with E-state index in [1.807, 2.05) is 40.2 Å². The molecule has 0 radical (unpaired) electrons. The summed E-state index contributed by atoms with van der Waals surface area (Å²) in [6.45, 7) is 8.26. The maximum absolute atomic E-state index is 13.3. The SMILES string of the molecule is CC(C)Nc1cc(Nc2ccc3ncsc3c2)ncc1-c1nc(C(=O)N2CCC(N3CCCC3)CC2)cs1. The molecule has 2 aliphatic heterocycles. The molecular formula is C28H33N7OS2. The van der Waals surface area contributed by atoms with E-state index in [1.54, 1.807) is 11.3 Å². The van der Waals surface area contributed by atoms with E-state index >= 15 is 0 Å². The van der Waals surface area contributed by atoms with Gasteiger partial charge in [-0.2, -0.15) is 0 Å². The van der Waals surface area contributed by atoms with Crippen LogP contribution < -0.4 is 10.6 Å². The highest BCUT2D eigenvalue weighted by molar-refractivity contribution is 7.16. The molecule has 10 heteroatoms. The molecule has 6 rings (SSSR count). The maximum atomic E-state index is 13.3. The number of thiazole rings is 2. The number of benzene rings is 1. The van der Waals surface area contributed by atoms with Crippen LogP contribution in [0.1, 0.15) is 50.0 Å². The second-order valence-corrected chi connectivity index (χ2v) is 12.1. The molecule has 3 aromatic heterocycles. The highest BCUT2D eigenvalue weighted by atomic mass is 32.1. The Morgan fingerprint density at radius 1 is 1.05 bits per heavy atom. The van der Waals surface area contributed by atoms with Gasteiger partial charge in [0.05, 0.1) is 21.3 Å². The summed E-state index contributed by atoms with van der Waals surface area (Å²) in [5, 5.41) is 9.64. The third-order valence-electron chi connectivity index (χ3n) is 7.31. The number of pyridine rings is 1. The lowest BCUT2D eigenvalue weighted by Gasteiger charge is -2.36. The van der Waals surface area contributed by atoms with Crippen molar-refractivity contribution in [3.63, 3.8) is 0 Å². The molecule has 2 saturated heterocycles. The molecule has 8 nitrogen and oxygen atoms in total. The van der Waals surface area contributed by atoms with Gasteiger partial charge in [-0.1, -0.05) is 0 Å². The van der Waals surface area contributed by atoms with Gasteiger partial charge in [-0.15, -0.1) is 22.7 Å².